The van der Waals surface area contributed by atoms with Crippen molar-refractivity contribution >= 4 is 35.3 Å². The Hall–Kier alpha value is -2.01. The van der Waals surface area contributed by atoms with Crippen LogP contribution in [0.3, 0.4) is 0 Å². The van der Waals surface area contributed by atoms with Crippen LogP contribution in [0.25, 0.3) is 10.8 Å². The van der Waals surface area contributed by atoms with E-state index >= 15 is 0 Å². The number of aliphatic hydroxyl groups is 1. The first-order valence-corrected chi connectivity index (χ1v) is 12.8. The highest BCUT2D eigenvalue weighted by atomic mass is 32.1. The van der Waals surface area contributed by atoms with Gasteiger partial charge in [-0.1, -0.05) is 62.7 Å². The molecule has 0 heterocycles. The second kappa shape index (κ2) is 15.2. The number of aliphatic hydroxyl groups excluding tert-OH is 1. The van der Waals surface area contributed by atoms with Gasteiger partial charge >= 0.3 is 11.9 Å². The zero-order valence-electron chi connectivity index (χ0n) is 20.7. The van der Waals surface area contributed by atoms with Crippen LogP contribution in [0.15, 0.2) is 42.5 Å². The fraction of sp³-hybridized carbons (Fsp3) is 0.538. The number of carbonyl (C=O) groups is 2. The molecular formula is C26H40N4O4S. The molecule has 2 aromatic rings. The number of hydrogen-bond acceptors (Lipinski definition) is 9. The van der Waals surface area contributed by atoms with Crippen LogP contribution < -0.4 is 16.8 Å². The molecule has 0 saturated heterocycles. The van der Waals surface area contributed by atoms with Crippen molar-refractivity contribution in [2.75, 3.05) is 32.0 Å². The topological polar surface area (TPSA) is 131 Å². The molecule has 2 rings (SSSR count). The smallest absolute Gasteiger partial charge is 0.330 e. The van der Waals surface area contributed by atoms with E-state index in [9.17, 15) is 9.59 Å². The molecule has 8 nitrogen and oxygen atoms in total. The van der Waals surface area contributed by atoms with Gasteiger partial charge in [0.15, 0.2) is 0 Å². The minimum Gasteiger partial charge on any atom is -0.396 e. The number of hydrogen-bond donors (Lipinski definition) is 5. The Balaban J connectivity index is 2.24. The van der Waals surface area contributed by atoms with Gasteiger partial charge < -0.3 is 26.6 Å². The first-order valence-electron chi connectivity index (χ1n) is 12.2. The Morgan fingerprint density at radius 2 is 1.89 bits per heavy atom. The SMILES string of the molecule is CCC(C)C(CN(CC(=O)OC(=O)[C@@H](N)CCO)Cc1cccc2ccccc12)NC[C@@H](N)CS. The molecule has 0 spiro atoms. The summed E-state index contributed by atoms with van der Waals surface area (Å²) in [6, 6.07) is 13.2. The van der Waals surface area contributed by atoms with E-state index < -0.39 is 18.0 Å². The lowest BCUT2D eigenvalue weighted by Crippen LogP contribution is -2.50. The number of nitrogens with one attached hydrogen (secondary N) is 1. The van der Waals surface area contributed by atoms with Gasteiger partial charge in [0.05, 0.1) is 6.54 Å². The number of esters is 2. The minimum absolute atomic E-state index is 0.0389. The van der Waals surface area contributed by atoms with E-state index in [1.54, 1.807) is 0 Å². The molecule has 0 saturated carbocycles. The van der Waals surface area contributed by atoms with Crippen molar-refractivity contribution in [3.63, 3.8) is 0 Å². The van der Waals surface area contributed by atoms with Crippen molar-refractivity contribution in [1.29, 1.82) is 0 Å². The molecule has 2 aromatic carbocycles. The van der Waals surface area contributed by atoms with E-state index in [1.807, 2.05) is 29.2 Å². The maximum atomic E-state index is 12.7. The van der Waals surface area contributed by atoms with Gasteiger partial charge in [0.1, 0.15) is 6.04 Å². The molecule has 194 valence electrons. The number of nitrogens with two attached hydrogens (primary N) is 2. The van der Waals surface area contributed by atoms with E-state index in [4.69, 9.17) is 21.3 Å². The molecule has 35 heavy (non-hydrogen) atoms. The summed E-state index contributed by atoms with van der Waals surface area (Å²) in [5.41, 5.74) is 12.8. The molecule has 2 unspecified atom stereocenters. The molecule has 9 heteroatoms. The number of benzene rings is 2. The van der Waals surface area contributed by atoms with Crippen LogP contribution in [-0.2, 0) is 20.9 Å². The molecule has 6 N–H and O–H groups in total. The van der Waals surface area contributed by atoms with Gasteiger partial charge in [-0.15, -0.1) is 0 Å². The summed E-state index contributed by atoms with van der Waals surface area (Å²) < 4.78 is 5.00. The maximum Gasteiger partial charge on any atom is 0.330 e. The van der Waals surface area contributed by atoms with Gasteiger partial charge in [-0.25, -0.2) is 4.79 Å². The summed E-state index contributed by atoms with van der Waals surface area (Å²) in [5.74, 6) is -0.598. The number of ether oxygens (including phenoxy) is 1. The fourth-order valence-electron chi connectivity index (χ4n) is 3.89. The molecule has 0 aliphatic carbocycles. The van der Waals surface area contributed by atoms with E-state index in [0.29, 0.717) is 31.3 Å². The third kappa shape index (κ3) is 9.51. The lowest BCUT2D eigenvalue weighted by Gasteiger charge is -2.32. The monoisotopic (exact) mass is 504 g/mol. The molecule has 0 fully saturated rings. The molecule has 0 radical (unpaired) electrons. The number of fused-ring (bicyclic) bond motifs is 1. The van der Waals surface area contributed by atoms with Crippen molar-refractivity contribution < 1.29 is 19.4 Å². The Morgan fingerprint density at radius 3 is 2.57 bits per heavy atom. The predicted molar refractivity (Wildman–Crippen MR) is 143 cm³/mol. The summed E-state index contributed by atoms with van der Waals surface area (Å²) in [7, 11) is 0. The van der Waals surface area contributed by atoms with Gasteiger partial charge in [0.2, 0.25) is 0 Å². The van der Waals surface area contributed by atoms with E-state index in [2.05, 4.69) is 50.0 Å². The van der Waals surface area contributed by atoms with Crippen LogP contribution in [0.2, 0.25) is 0 Å². The van der Waals surface area contributed by atoms with Gasteiger partial charge in [-0.2, -0.15) is 12.6 Å². The summed E-state index contributed by atoms with van der Waals surface area (Å²) in [4.78, 5) is 26.8. The van der Waals surface area contributed by atoms with Crippen LogP contribution in [-0.4, -0.2) is 72.1 Å². The maximum absolute atomic E-state index is 12.7. The molecular weight excluding hydrogens is 464 g/mol. The standard InChI is InChI=1S/C26H40N4O4S/c1-3-18(2)24(29-13-21(27)17-35)15-30(16-25(32)34-26(33)23(28)11-12-31)14-20-9-6-8-19-7-4-5-10-22(19)20/h4-10,18,21,23-24,29,31,35H,3,11-17,27-28H2,1-2H3/t18?,21-,23+,24?/m1/s1. The van der Waals surface area contributed by atoms with Gasteiger partial charge in [0, 0.05) is 44.1 Å². The fourth-order valence-corrected chi connectivity index (χ4v) is 4.02. The van der Waals surface area contributed by atoms with E-state index in [1.165, 1.54) is 0 Å². The number of rotatable bonds is 15. The molecule has 0 amide bonds. The zero-order chi connectivity index (χ0) is 25.8. The zero-order valence-corrected chi connectivity index (χ0v) is 21.6. The molecule has 0 bridgehead atoms. The Bertz CT molecular complexity index is 939. The highest BCUT2D eigenvalue weighted by Gasteiger charge is 2.25. The quantitative estimate of drug-likeness (QED) is 0.141. The van der Waals surface area contributed by atoms with Gasteiger partial charge in [0.25, 0.3) is 0 Å². The van der Waals surface area contributed by atoms with Crippen LogP contribution >= 0.6 is 12.6 Å². The van der Waals surface area contributed by atoms with Crippen LogP contribution in [0.5, 0.6) is 0 Å². The summed E-state index contributed by atoms with van der Waals surface area (Å²) in [5, 5.41) is 14.8. The van der Waals surface area contributed by atoms with Crippen LogP contribution in [0, 0.1) is 5.92 Å². The third-order valence-corrected chi connectivity index (χ3v) is 6.72. The van der Waals surface area contributed by atoms with Crippen molar-refractivity contribution in [2.45, 2.75) is 51.4 Å². The van der Waals surface area contributed by atoms with E-state index in [0.717, 1.165) is 22.8 Å². The lowest BCUT2D eigenvalue weighted by molar-refractivity contribution is -0.161. The third-order valence-electron chi connectivity index (χ3n) is 6.25. The van der Waals surface area contributed by atoms with Gasteiger partial charge in [-0.3, -0.25) is 9.69 Å². The molecule has 0 aromatic heterocycles. The highest BCUT2D eigenvalue weighted by molar-refractivity contribution is 7.80. The lowest BCUT2D eigenvalue weighted by atomic mass is 9.97. The van der Waals surface area contributed by atoms with Gasteiger partial charge in [-0.05, 0) is 28.7 Å². The average molecular weight is 505 g/mol. The second-order valence-corrected chi connectivity index (χ2v) is 9.43. The van der Waals surface area contributed by atoms with Crippen molar-refractivity contribution in [3.05, 3.63) is 48.0 Å². The van der Waals surface area contributed by atoms with Crippen molar-refractivity contribution in [3.8, 4) is 0 Å². The first kappa shape index (κ1) is 29.2. The Morgan fingerprint density at radius 1 is 1.17 bits per heavy atom. The largest absolute Gasteiger partial charge is 0.396 e. The summed E-state index contributed by atoms with van der Waals surface area (Å²) in [6.07, 6.45) is 0.992. The minimum atomic E-state index is -1.03. The Labute approximate surface area is 213 Å². The number of nitrogens with zero attached hydrogens (tertiary/aromatic N) is 1. The molecule has 0 aliphatic rings. The van der Waals surface area contributed by atoms with E-state index in [-0.39, 0.29) is 31.7 Å². The molecule has 0 aliphatic heterocycles. The predicted octanol–water partition coefficient (Wildman–Crippen LogP) is 1.68. The number of carbonyl (C=O) groups excluding carboxylic acids is 2. The van der Waals surface area contributed by atoms with Crippen molar-refractivity contribution in [2.24, 2.45) is 17.4 Å². The normalized spacial score (nSPS) is 15.1. The van der Waals surface area contributed by atoms with Crippen LogP contribution in [0.1, 0.15) is 32.3 Å². The average Bonchev–Trinajstić information content (AvgIpc) is 2.85. The second-order valence-electron chi connectivity index (χ2n) is 9.06. The number of thiol groups is 1. The highest BCUT2D eigenvalue weighted by Crippen LogP contribution is 2.21. The summed E-state index contributed by atoms with van der Waals surface area (Å²) in [6.45, 7) is 5.63. The summed E-state index contributed by atoms with van der Waals surface area (Å²) >= 11 is 4.28. The first-order chi connectivity index (χ1) is 16.8. The Kier molecular flexibility index (Phi) is 12.7. The van der Waals surface area contributed by atoms with Crippen molar-refractivity contribution in [1.82, 2.24) is 10.2 Å². The molecule has 4 atom stereocenters. The van der Waals surface area contributed by atoms with Crippen LogP contribution in [0.4, 0.5) is 0 Å².